The average molecular weight is 269 g/mol. The van der Waals surface area contributed by atoms with E-state index in [1.54, 1.807) is 24.3 Å². The van der Waals surface area contributed by atoms with Gasteiger partial charge in [0.2, 0.25) is 0 Å². The van der Waals surface area contributed by atoms with Crippen molar-refractivity contribution in [2.45, 2.75) is 26.8 Å². The smallest absolute Gasteiger partial charge is 0.251 e. The van der Waals surface area contributed by atoms with E-state index in [0.29, 0.717) is 23.2 Å². The molecule has 0 saturated heterocycles. The minimum absolute atomic E-state index is 0.0727. The molecule has 3 nitrogen and oxygen atoms in total. The molecule has 1 aromatic rings. The van der Waals surface area contributed by atoms with Gasteiger partial charge in [0.15, 0.2) is 0 Å². The summed E-state index contributed by atoms with van der Waals surface area (Å²) >= 11 is 5.86. The van der Waals surface area contributed by atoms with Gasteiger partial charge in [0.1, 0.15) is 0 Å². The van der Waals surface area contributed by atoms with Crippen LogP contribution < -0.4 is 5.32 Å². The molecule has 0 aromatic heterocycles. The van der Waals surface area contributed by atoms with E-state index in [2.05, 4.69) is 31.0 Å². The van der Waals surface area contributed by atoms with Crippen LogP contribution in [0.4, 0.5) is 0 Å². The molecule has 0 aliphatic rings. The lowest BCUT2D eigenvalue weighted by molar-refractivity contribution is 0.0938. The average Bonchev–Trinajstić information content (AvgIpc) is 2.37. The molecule has 0 fully saturated rings. The van der Waals surface area contributed by atoms with Gasteiger partial charge in [-0.15, -0.1) is 0 Å². The third-order valence-electron chi connectivity index (χ3n) is 3.08. The first-order valence-electron chi connectivity index (χ1n) is 6.36. The third-order valence-corrected chi connectivity index (χ3v) is 3.32. The molecule has 0 saturated carbocycles. The maximum absolute atomic E-state index is 11.9. The van der Waals surface area contributed by atoms with Crippen molar-refractivity contribution in [3.8, 4) is 0 Å². The van der Waals surface area contributed by atoms with E-state index >= 15 is 0 Å². The van der Waals surface area contributed by atoms with Crippen molar-refractivity contribution in [1.29, 1.82) is 0 Å². The number of carbonyl (C=O) groups excluding carboxylic acids is 1. The molecule has 1 rings (SSSR count). The van der Waals surface area contributed by atoms with E-state index in [1.165, 1.54) is 0 Å². The fraction of sp³-hybridized carbons (Fsp3) is 0.500. The molecule has 0 aliphatic heterocycles. The summed E-state index contributed by atoms with van der Waals surface area (Å²) < 4.78 is 0. The number of hydrogen-bond donors (Lipinski definition) is 1. The van der Waals surface area contributed by atoms with E-state index in [9.17, 15) is 4.79 Å². The Morgan fingerprint density at radius 3 is 2.61 bits per heavy atom. The van der Waals surface area contributed by atoms with Gasteiger partial charge >= 0.3 is 0 Å². The molecule has 0 aliphatic carbocycles. The van der Waals surface area contributed by atoms with Crippen LogP contribution in [0.25, 0.3) is 0 Å². The second-order valence-corrected chi connectivity index (χ2v) is 4.73. The molecule has 1 N–H and O–H groups in total. The molecule has 0 bridgehead atoms. The monoisotopic (exact) mass is 268 g/mol. The normalized spacial score (nSPS) is 12.5. The summed E-state index contributed by atoms with van der Waals surface area (Å²) in [7, 11) is 0. The van der Waals surface area contributed by atoms with Crippen molar-refractivity contribution in [1.82, 2.24) is 10.2 Å². The van der Waals surface area contributed by atoms with Gasteiger partial charge < -0.3 is 5.32 Å². The van der Waals surface area contributed by atoms with E-state index in [-0.39, 0.29) is 5.91 Å². The minimum atomic E-state index is -0.0727. The number of amides is 1. The van der Waals surface area contributed by atoms with Crippen LogP contribution in [0.1, 0.15) is 31.1 Å². The Balaban J connectivity index is 2.51. The summed E-state index contributed by atoms with van der Waals surface area (Å²) in [6.07, 6.45) is 0. The third kappa shape index (κ3) is 4.31. The van der Waals surface area contributed by atoms with Crippen LogP contribution in [-0.2, 0) is 0 Å². The minimum Gasteiger partial charge on any atom is -0.350 e. The van der Waals surface area contributed by atoms with Crippen molar-refractivity contribution in [2.75, 3.05) is 19.6 Å². The molecule has 1 unspecified atom stereocenters. The molecule has 0 radical (unpaired) electrons. The Morgan fingerprint density at radius 2 is 2.06 bits per heavy atom. The predicted molar refractivity (Wildman–Crippen MR) is 76.2 cm³/mol. The zero-order valence-corrected chi connectivity index (χ0v) is 12.0. The highest BCUT2D eigenvalue weighted by atomic mass is 35.5. The molecule has 18 heavy (non-hydrogen) atoms. The van der Waals surface area contributed by atoms with Gasteiger partial charge in [0.25, 0.3) is 5.91 Å². The Morgan fingerprint density at radius 1 is 1.39 bits per heavy atom. The van der Waals surface area contributed by atoms with Gasteiger partial charge in [-0.05, 0) is 38.2 Å². The summed E-state index contributed by atoms with van der Waals surface area (Å²) in [4.78, 5) is 14.2. The summed E-state index contributed by atoms with van der Waals surface area (Å²) in [6.45, 7) is 8.99. The summed E-state index contributed by atoms with van der Waals surface area (Å²) in [5, 5.41) is 3.52. The molecule has 0 spiro atoms. The van der Waals surface area contributed by atoms with Gasteiger partial charge in [-0.25, -0.2) is 0 Å². The molecule has 1 amide bonds. The number of likely N-dealkylation sites (N-methyl/N-ethyl adjacent to an activating group) is 1. The number of nitrogens with zero attached hydrogens (tertiary/aromatic N) is 1. The van der Waals surface area contributed by atoms with Gasteiger partial charge in [0.05, 0.1) is 0 Å². The highest BCUT2D eigenvalue weighted by Crippen LogP contribution is 2.10. The Kier molecular flexibility index (Phi) is 6.16. The van der Waals surface area contributed by atoms with Crippen molar-refractivity contribution in [3.63, 3.8) is 0 Å². The highest BCUT2D eigenvalue weighted by Gasteiger charge is 2.12. The number of hydrogen-bond acceptors (Lipinski definition) is 2. The largest absolute Gasteiger partial charge is 0.350 e. The molecule has 1 atom stereocenters. The van der Waals surface area contributed by atoms with Crippen molar-refractivity contribution >= 4 is 17.5 Å². The number of nitrogens with one attached hydrogen (secondary N) is 1. The zero-order valence-electron chi connectivity index (χ0n) is 11.2. The van der Waals surface area contributed by atoms with Gasteiger partial charge in [-0.2, -0.15) is 0 Å². The summed E-state index contributed by atoms with van der Waals surface area (Å²) in [5.41, 5.74) is 0.606. The van der Waals surface area contributed by atoms with E-state index in [1.807, 2.05) is 0 Å². The van der Waals surface area contributed by atoms with Crippen molar-refractivity contribution in [3.05, 3.63) is 34.9 Å². The quantitative estimate of drug-likeness (QED) is 0.861. The lowest BCUT2D eigenvalue weighted by atomic mass is 10.2. The molecular formula is C14H21ClN2O. The van der Waals surface area contributed by atoms with Crippen LogP contribution in [0.5, 0.6) is 0 Å². The van der Waals surface area contributed by atoms with Crippen LogP contribution >= 0.6 is 11.6 Å². The van der Waals surface area contributed by atoms with Crippen LogP contribution in [0.2, 0.25) is 5.02 Å². The first-order valence-corrected chi connectivity index (χ1v) is 6.74. The molecule has 0 heterocycles. The zero-order chi connectivity index (χ0) is 13.5. The van der Waals surface area contributed by atoms with Crippen LogP contribution in [0.3, 0.4) is 0 Å². The van der Waals surface area contributed by atoms with E-state index < -0.39 is 0 Å². The van der Waals surface area contributed by atoms with Gasteiger partial charge in [-0.1, -0.05) is 31.5 Å². The fourth-order valence-corrected chi connectivity index (χ4v) is 2.14. The van der Waals surface area contributed by atoms with Crippen molar-refractivity contribution < 1.29 is 4.79 Å². The van der Waals surface area contributed by atoms with Crippen molar-refractivity contribution in [2.24, 2.45) is 0 Å². The Labute approximate surface area is 114 Å². The standard InChI is InChI=1S/C14H21ClN2O/c1-4-17(5-2)11(3)10-16-14(18)12-7-6-8-13(15)9-12/h6-9,11H,4-5,10H2,1-3H3,(H,16,18). The number of benzene rings is 1. The second-order valence-electron chi connectivity index (χ2n) is 4.29. The molecule has 100 valence electrons. The summed E-state index contributed by atoms with van der Waals surface area (Å²) in [6, 6.07) is 7.33. The highest BCUT2D eigenvalue weighted by molar-refractivity contribution is 6.30. The second kappa shape index (κ2) is 7.39. The lowest BCUT2D eigenvalue weighted by Crippen LogP contribution is -2.42. The molecule has 4 heteroatoms. The number of carbonyl (C=O) groups is 1. The van der Waals surface area contributed by atoms with Gasteiger partial charge in [-0.3, -0.25) is 9.69 Å². The Hall–Kier alpha value is -1.06. The number of halogens is 1. The molecule has 1 aromatic carbocycles. The van der Waals surface area contributed by atoms with Crippen LogP contribution in [0.15, 0.2) is 24.3 Å². The molecular weight excluding hydrogens is 248 g/mol. The predicted octanol–water partition coefficient (Wildman–Crippen LogP) is 2.80. The summed E-state index contributed by atoms with van der Waals surface area (Å²) in [5.74, 6) is -0.0727. The van der Waals surface area contributed by atoms with E-state index in [0.717, 1.165) is 13.1 Å². The Bertz CT molecular complexity index is 391. The number of rotatable bonds is 6. The topological polar surface area (TPSA) is 32.3 Å². The lowest BCUT2D eigenvalue weighted by Gasteiger charge is -2.26. The van der Waals surface area contributed by atoms with Gasteiger partial charge in [0, 0.05) is 23.2 Å². The first kappa shape index (κ1) is 15.0. The van der Waals surface area contributed by atoms with Crippen LogP contribution in [0, 0.1) is 0 Å². The maximum atomic E-state index is 11.9. The van der Waals surface area contributed by atoms with Crippen LogP contribution in [-0.4, -0.2) is 36.5 Å². The maximum Gasteiger partial charge on any atom is 0.251 e. The van der Waals surface area contributed by atoms with E-state index in [4.69, 9.17) is 11.6 Å². The SMILES string of the molecule is CCN(CC)C(C)CNC(=O)c1cccc(Cl)c1. The fourth-order valence-electron chi connectivity index (χ4n) is 1.95. The first-order chi connectivity index (χ1) is 8.58.